The Balaban J connectivity index is 0.000000165. The smallest absolute Gasteiger partial charge is 0.115 e. The highest BCUT2D eigenvalue weighted by Crippen LogP contribution is 2.10. The molecule has 16 heavy (non-hydrogen) atoms. The second-order valence-electron chi connectivity index (χ2n) is 3.32. The highest BCUT2D eigenvalue weighted by Gasteiger charge is 1.86. The molecule has 0 atom stereocenters. The van der Waals surface area contributed by atoms with Gasteiger partial charge in [0.1, 0.15) is 5.75 Å². The van der Waals surface area contributed by atoms with Crippen molar-refractivity contribution in [1.82, 2.24) is 0 Å². The van der Waals surface area contributed by atoms with Crippen molar-refractivity contribution in [2.45, 2.75) is 13.3 Å². The number of halogens is 1. The zero-order chi connectivity index (χ0) is 11.8. The topological polar surface area (TPSA) is 20.2 Å². The normalized spacial score (nSPS) is 9.12. The van der Waals surface area contributed by atoms with Gasteiger partial charge >= 0.3 is 0 Å². The summed E-state index contributed by atoms with van der Waals surface area (Å²) in [5.41, 5.74) is 1.39. The lowest BCUT2D eigenvalue weighted by Crippen LogP contribution is -1.75. The number of phenolic OH excluding ortho intramolecular Hbond substituents is 1. The quantitative estimate of drug-likeness (QED) is 0.820. The Kier molecular flexibility index (Phi) is 5.65. The van der Waals surface area contributed by atoms with E-state index in [0.29, 0.717) is 5.75 Å². The molecule has 0 bridgehead atoms. The highest BCUT2D eigenvalue weighted by molar-refractivity contribution is 9.10. The van der Waals surface area contributed by atoms with Crippen LogP contribution in [0.3, 0.4) is 0 Å². The fourth-order valence-electron chi connectivity index (χ4n) is 1.15. The molecule has 2 aromatic rings. The molecule has 0 fully saturated rings. The molecule has 0 unspecified atom stereocenters. The summed E-state index contributed by atoms with van der Waals surface area (Å²) in [5, 5.41) is 8.63. The Hall–Kier alpha value is -1.28. The van der Waals surface area contributed by atoms with E-state index in [2.05, 4.69) is 47.1 Å². The standard InChI is InChI=1S/C8H9Br.C6H6O/c1-2-7-3-5-8(9)6-4-7;7-6-4-2-1-3-5-6/h3-6H,2H2,1H3;1-5,7H. The van der Waals surface area contributed by atoms with E-state index in [9.17, 15) is 0 Å². The van der Waals surface area contributed by atoms with Crippen LogP contribution in [0.1, 0.15) is 12.5 Å². The van der Waals surface area contributed by atoms with Gasteiger partial charge in [-0.3, -0.25) is 0 Å². The number of aryl methyl sites for hydroxylation is 1. The van der Waals surface area contributed by atoms with Gasteiger partial charge in [-0.25, -0.2) is 0 Å². The van der Waals surface area contributed by atoms with Gasteiger partial charge in [0.15, 0.2) is 0 Å². The van der Waals surface area contributed by atoms with Crippen LogP contribution in [-0.4, -0.2) is 5.11 Å². The summed E-state index contributed by atoms with van der Waals surface area (Å²) in [5.74, 6) is 0.322. The number of benzene rings is 2. The Labute approximate surface area is 105 Å². The number of aromatic hydroxyl groups is 1. The lowest BCUT2D eigenvalue weighted by atomic mass is 10.2. The lowest BCUT2D eigenvalue weighted by Gasteiger charge is -1.93. The average molecular weight is 279 g/mol. The Morgan fingerprint density at radius 1 is 0.938 bits per heavy atom. The summed E-state index contributed by atoms with van der Waals surface area (Å²) in [6.45, 7) is 2.16. The van der Waals surface area contributed by atoms with Crippen molar-refractivity contribution in [1.29, 1.82) is 0 Å². The average Bonchev–Trinajstić information content (AvgIpc) is 2.32. The molecule has 0 aromatic heterocycles. The molecule has 84 valence electrons. The van der Waals surface area contributed by atoms with Crippen LogP contribution in [0.4, 0.5) is 0 Å². The first-order chi connectivity index (χ1) is 7.72. The number of phenols is 1. The van der Waals surface area contributed by atoms with Crippen molar-refractivity contribution in [3.63, 3.8) is 0 Å². The van der Waals surface area contributed by atoms with Crippen LogP contribution >= 0.6 is 15.9 Å². The van der Waals surface area contributed by atoms with Gasteiger partial charge in [0.05, 0.1) is 0 Å². The third kappa shape index (κ3) is 4.99. The van der Waals surface area contributed by atoms with Crippen molar-refractivity contribution in [3.05, 3.63) is 64.6 Å². The minimum Gasteiger partial charge on any atom is -0.508 e. The monoisotopic (exact) mass is 278 g/mol. The van der Waals surface area contributed by atoms with Crippen molar-refractivity contribution < 1.29 is 5.11 Å². The Morgan fingerprint density at radius 3 is 1.88 bits per heavy atom. The van der Waals surface area contributed by atoms with E-state index in [1.165, 1.54) is 5.56 Å². The molecule has 0 radical (unpaired) electrons. The molecule has 0 heterocycles. The van der Waals surface area contributed by atoms with Crippen LogP contribution in [0.2, 0.25) is 0 Å². The van der Waals surface area contributed by atoms with Gasteiger partial charge in [0.2, 0.25) is 0 Å². The van der Waals surface area contributed by atoms with Crippen LogP contribution in [0.15, 0.2) is 59.1 Å². The number of hydrogen-bond donors (Lipinski definition) is 1. The second-order valence-corrected chi connectivity index (χ2v) is 4.23. The van der Waals surface area contributed by atoms with E-state index in [-0.39, 0.29) is 0 Å². The van der Waals surface area contributed by atoms with Gasteiger partial charge in [-0.05, 0) is 36.2 Å². The molecule has 2 heteroatoms. The third-order valence-electron chi connectivity index (χ3n) is 2.08. The maximum absolute atomic E-state index is 8.63. The molecule has 0 amide bonds. The van der Waals surface area contributed by atoms with Crippen LogP contribution in [0.25, 0.3) is 0 Å². The highest BCUT2D eigenvalue weighted by atomic mass is 79.9. The second kappa shape index (κ2) is 7.07. The molecule has 0 aliphatic rings. The van der Waals surface area contributed by atoms with E-state index in [4.69, 9.17) is 5.11 Å². The van der Waals surface area contributed by atoms with E-state index in [0.717, 1.165) is 10.9 Å². The van der Waals surface area contributed by atoms with Crippen molar-refractivity contribution in [3.8, 4) is 5.75 Å². The minimum absolute atomic E-state index is 0.322. The molecule has 0 saturated heterocycles. The van der Waals surface area contributed by atoms with Gasteiger partial charge in [-0.1, -0.05) is 53.2 Å². The lowest BCUT2D eigenvalue weighted by molar-refractivity contribution is 0.475. The fourth-order valence-corrected chi connectivity index (χ4v) is 1.41. The summed E-state index contributed by atoms with van der Waals surface area (Å²) in [6.07, 6.45) is 1.12. The summed E-state index contributed by atoms with van der Waals surface area (Å²) in [7, 11) is 0. The van der Waals surface area contributed by atoms with Gasteiger partial charge in [-0.2, -0.15) is 0 Å². The zero-order valence-corrected chi connectivity index (χ0v) is 10.8. The van der Waals surface area contributed by atoms with Gasteiger partial charge in [0, 0.05) is 4.47 Å². The summed E-state index contributed by atoms with van der Waals surface area (Å²) in [4.78, 5) is 0. The van der Waals surface area contributed by atoms with E-state index >= 15 is 0 Å². The molecule has 0 aliphatic carbocycles. The van der Waals surface area contributed by atoms with Gasteiger partial charge < -0.3 is 5.11 Å². The molecule has 1 nitrogen and oxygen atoms in total. The predicted molar refractivity (Wildman–Crippen MR) is 71.6 cm³/mol. The number of hydrogen-bond acceptors (Lipinski definition) is 1. The molecule has 2 rings (SSSR count). The number of para-hydroxylation sites is 1. The van der Waals surface area contributed by atoms with Crippen molar-refractivity contribution in [2.24, 2.45) is 0 Å². The largest absolute Gasteiger partial charge is 0.508 e. The van der Waals surface area contributed by atoms with E-state index in [1.54, 1.807) is 24.3 Å². The first kappa shape index (κ1) is 12.8. The molecule has 1 N–H and O–H groups in total. The van der Waals surface area contributed by atoms with Crippen LogP contribution in [-0.2, 0) is 6.42 Å². The van der Waals surface area contributed by atoms with E-state index in [1.807, 2.05) is 6.07 Å². The maximum Gasteiger partial charge on any atom is 0.115 e. The zero-order valence-electron chi connectivity index (χ0n) is 9.23. The maximum atomic E-state index is 8.63. The predicted octanol–water partition coefficient (Wildman–Crippen LogP) is 4.40. The van der Waals surface area contributed by atoms with Crippen molar-refractivity contribution in [2.75, 3.05) is 0 Å². The Bertz CT molecular complexity index is 395. The SMILES string of the molecule is CCc1ccc(Br)cc1.Oc1ccccc1. The summed E-state index contributed by atoms with van der Waals surface area (Å²) < 4.78 is 1.15. The van der Waals surface area contributed by atoms with Crippen LogP contribution in [0.5, 0.6) is 5.75 Å². The third-order valence-corrected chi connectivity index (χ3v) is 2.61. The fraction of sp³-hybridized carbons (Fsp3) is 0.143. The van der Waals surface area contributed by atoms with E-state index < -0.39 is 0 Å². The molecule has 0 aliphatic heterocycles. The first-order valence-corrected chi connectivity index (χ1v) is 6.00. The molecule has 0 spiro atoms. The van der Waals surface area contributed by atoms with Gasteiger partial charge in [-0.15, -0.1) is 0 Å². The molecular weight excluding hydrogens is 264 g/mol. The molecule has 2 aromatic carbocycles. The van der Waals surface area contributed by atoms with Crippen LogP contribution < -0.4 is 0 Å². The summed E-state index contributed by atoms with van der Waals surface area (Å²) >= 11 is 3.37. The Morgan fingerprint density at radius 2 is 1.50 bits per heavy atom. The van der Waals surface area contributed by atoms with Gasteiger partial charge in [0.25, 0.3) is 0 Å². The summed E-state index contributed by atoms with van der Waals surface area (Å²) in [6, 6.07) is 17.1. The van der Waals surface area contributed by atoms with Crippen LogP contribution in [0, 0.1) is 0 Å². The molecular formula is C14H15BrO. The first-order valence-electron chi connectivity index (χ1n) is 5.21. The van der Waals surface area contributed by atoms with Crippen molar-refractivity contribution >= 4 is 15.9 Å². The number of rotatable bonds is 1. The molecule has 0 saturated carbocycles. The minimum atomic E-state index is 0.322.